The molecule has 1 heterocycles. The first-order valence-corrected chi connectivity index (χ1v) is 8.73. The highest BCUT2D eigenvalue weighted by molar-refractivity contribution is 8.01. The maximum atomic E-state index is 5.78. The van der Waals surface area contributed by atoms with Gasteiger partial charge in [-0.3, -0.25) is 0 Å². The van der Waals surface area contributed by atoms with Crippen molar-refractivity contribution in [2.45, 2.75) is 30.1 Å². The van der Waals surface area contributed by atoms with Crippen LogP contribution in [0.2, 0.25) is 0 Å². The summed E-state index contributed by atoms with van der Waals surface area (Å²) in [7, 11) is 0. The van der Waals surface area contributed by atoms with E-state index >= 15 is 0 Å². The summed E-state index contributed by atoms with van der Waals surface area (Å²) in [6.07, 6.45) is 1.20. The van der Waals surface area contributed by atoms with Crippen LogP contribution in [0, 0.1) is 0 Å². The zero-order chi connectivity index (χ0) is 15.0. The molecule has 3 rings (SSSR count). The number of rotatable bonds is 8. The lowest BCUT2D eigenvalue weighted by Crippen LogP contribution is -2.33. The average molecular weight is 314 g/mol. The average Bonchev–Trinajstić information content (AvgIpc) is 2.54. The second-order valence-corrected chi connectivity index (χ2v) is 7.22. The van der Waals surface area contributed by atoms with Crippen LogP contribution in [-0.2, 0) is 22.7 Å². The molecule has 1 aliphatic rings. The number of hydrogen-bond donors (Lipinski definition) is 0. The minimum absolute atomic E-state index is 0.633. The van der Waals surface area contributed by atoms with Crippen LogP contribution < -0.4 is 0 Å². The normalized spacial score (nSPS) is 20.5. The molecule has 1 saturated heterocycles. The lowest BCUT2D eigenvalue weighted by Gasteiger charge is -2.34. The topological polar surface area (TPSA) is 18.5 Å². The minimum Gasteiger partial charge on any atom is -0.376 e. The van der Waals surface area contributed by atoms with E-state index in [1.165, 1.54) is 17.5 Å². The summed E-state index contributed by atoms with van der Waals surface area (Å²) in [5.41, 5.74) is 2.49. The first-order chi connectivity index (χ1) is 10.9. The number of benzene rings is 2. The molecule has 22 heavy (non-hydrogen) atoms. The van der Waals surface area contributed by atoms with E-state index < -0.39 is 0 Å². The van der Waals surface area contributed by atoms with Crippen LogP contribution in [0.3, 0.4) is 0 Å². The van der Waals surface area contributed by atoms with E-state index in [0.29, 0.717) is 23.7 Å². The van der Waals surface area contributed by atoms with Gasteiger partial charge in [-0.15, -0.1) is 0 Å². The predicted octanol–water partition coefficient (Wildman–Crippen LogP) is 4.29. The van der Waals surface area contributed by atoms with Crippen molar-refractivity contribution in [1.29, 1.82) is 0 Å². The van der Waals surface area contributed by atoms with Gasteiger partial charge in [0.25, 0.3) is 0 Å². The summed E-state index contributed by atoms with van der Waals surface area (Å²) in [4.78, 5) is 0. The monoisotopic (exact) mass is 314 g/mol. The van der Waals surface area contributed by atoms with E-state index in [1.807, 2.05) is 23.9 Å². The first-order valence-electron chi connectivity index (χ1n) is 7.79. The fraction of sp³-hybridized carbons (Fsp3) is 0.368. The van der Waals surface area contributed by atoms with Gasteiger partial charge >= 0.3 is 0 Å². The first kappa shape index (κ1) is 15.6. The lowest BCUT2D eigenvalue weighted by molar-refractivity contribution is 0.0992. The molecular weight excluding hydrogens is 292 g/mol. The van der Waals surface area contributed by atoms with E-state index in [2.05, 4.69) is 48.5 Å². The molecule has 0 N–H and O–H groups in total. The Bertz CT molecular complexity index is 488. The molecule has 0 aliphatic carbocycles. The van der Waals surface area contributed by atoms with E-state index in [9.17, 15) is 0 Å². The summed E-state index contributed by atoms with van der Waals surface area (Å²) in [5, 5.41) is 1.27. The molecule has 0 amide bonds. The summed E-state index contributed by atoms with van der Waals surface area (Å²) < 4.78 is 11.6. The molecule has 2 aromatic rings. The standard InChI is InChI=1S/C19H22O2S/c1-3-7-16(8-4-1)12-20-14-18-11-19(22-18)15-21-13-17-9-5-2-6-10-17/h1-10,18-19H,11-15H2. The Morgan fingerprint density at radius 3 is 1.55 bits per heavy atom. The van der Waals surface area contributed by atoms with Gasteiger partial charge in [0, 0.05) is 10.5 Å². The van der Waals surface area contributed by atoms with Crippen LogP contribution in [0.1, 0.15) is 17.5 Å². The smallest absolute Gasteiger partial charge is 0.0717 e. The van der Waals surface area contributed by atoms with Gasteiger partial charge < -0.3 is 9.47 Å². The zero-order valence-corrected chi connectivity index (χ0v) is 13.5. The highest BCUT2D eigenvalue weighted by atomic mass is 32.2. The number of ether oxygens (including phenoxy) is 2. The molecular formula is C19H22O2S. The Labute approximate surface area is 136 Å². The van der Waals surface area contributed by atoms with Gasteiger partial charge in [0.1, 0.15) is 0 Å². The van der Waals surface area contributed by atoms with Crippen molar-refractivity contribution in [3.63, 3.8) is 0 Å². The Balaban J connectivity index is 1.24. The van der Waals surface area contributed by atoms with Crippen LogP contribution in [0.5, 0.6) is 0 Å². The molecule has 0 bridgehead atoms. The third-order valence-corrected chi connectivity index (χ3v) is 5.17. The van der Waals surface area contributed by atoms with Gasteiger partial charge in [-0.1, -0.05) is 60.7 Å². The third-order valence-electron chi connectivity index (χ3n) is 3.74. The minimum atomic E-state index is 0.633. The Hall–Kier alpha value is -1.29. The molecule has 2 atom stereocenters. The van der Waals surface area contributed by atoms with Crippen molar-refractivity contribution in [2.75, 3.05) is 13.2 Å². The number of hydrogen-bond acceptors (Lipinski definition) is 3. The van der Waals surface area contributed by atoms with Crippen molar-refractivity contribution in [2.24, 2.45) is 0 Å². The van der Waals surface area contributed by atoms with Gasteiger partial charge in [0.15, 0.2) is 0 Å². The predicted molar refractivity (Wildman–Crippen MR) is 92.0 cm³/mol. The summed E-state index contributed by atoms with van der Waals surface area (Å²) in [5.74, 6) is 0. The summed E-state index contributed by atoms with van der Waals surface area (Å²) in [6.45, 7) is 3.11. The highest BCUT2D eigenvalue weighted by Crippen LogP contribution is 2.37. The maximum Gasteiger partial charge on any atom is 0.0717 e. The van der Waals surface area contributed by atoms with Crippen molar-refractivity contribution >= 4 is 11.8 Å². The molecule has 0 aromatic heterocycles. The van der Waals surface area contributed by atoms with Crippen molar-refractivity contribution in [3.8, 4) is 0 Å². The quantitative estimate of drug-likeness (QED) is 0.724. The third kappa shape index (κ3) is 4.87. The van der Waals surface area contributed by atoms with Crippen LogP contribution >= 0.6 is 11.8 Å². The molecule has 3 heteroatoms. The van der Waals surface area contributed by atoms with E-state index in [-0.39, 0.29) is 0 Å². The zero-order valence-electron chi connectivity index (χ0n) is 12.7. The molecule has 2 aromatic carbocycles. The Morgan fingerprint density at radius 1 is 0.727 bits per heavy atom. The van der Waals surface area contributed by atoms with Gasteiger partial charge in [0.2, 0.25) is 0 Å². The molecule has 116 valence electrons. The van der Waals surface area contributed by atoms with Crippen LogP contribution in [0.4, 0.5) is 0 Å². The van der Waals surface area contributed by atoms with Crippen molar-refractivity contribution in [3.05, 3.63) is 71.8 Å². The van der Waals surface area contributed by atoms with Crippen molar-refractivity contribution < 1.29 is 9.47 Å². The largest absolute Gasteiger partial charge is 0.376 e. The SMILES string of the molecule is c1ccc(COCC2CC(COCc3ccccc3)S2)cc1. The van der Waals surface area contributed by atoms with Crippen LogP contribution in [0.15, 0.2) is 60.7 Å². The van der Waals surface area contributed by atoms with Crippen LogP contribution in [0.25, 0.3) is 0 Å². The second kappa shape index (κ2) is 8.37. The summed E-state index contributed by atoms with van der Waals surface area (Å²) >= 11 is 1.99. The van der Waals surface area contributed by atoms with E-state index in [1.54, 1.807) is 0 Å². The van der Waals surface area contributed by atoms with Gasteiger partial charge in [-0.05, 0) is 17.5 Å². The fourth-order valence-electron chi connectivity index (χ4n) is 2.53. The van der Waals surface area contributed by atoms with Gasteiger partial charge in [-0.2, -0.15) is 11.8 Å². The molecule has 2 nitrogen and oxygen atoms in total. The maximum absolute atomic E-state index is 5.78. The molecule has 1 aliphatic heterocycles. The van der Waals surface area contributed by atoms with Crippen molar-refractivity contribution in [1.82, 2.24) is 0 Å². The molecule has 0 spiro atoms. The van der Waals surface area contributed by atoms with Gasteiger partial charge in [-0.25, -0.2) is 0 Å². The van der Waals surface area contributed by atoms with Crippen LogP contribution in [-0.4, -0.2) is 23.7 Å². The molecule has 0 saturated carbocycles. The Kier molecular flexibility index (Phi) is 5.94. The molecule has 2 unspecified atom stereocenters. The van der Waals surface area contributed by atoms with E-state index in [0.717, 1.165) is 13.2 Å². The number of thioether (sulfide) groups is 1. The molecule has 1 fully saturated rings. The second-order valence-electron chi connectivity index (χ2n) is 5.62. The molecule has 0 radical (unpaired) electrons. The summed E-state index contributed by atoms with van der Waals surface area (Å²) in [6, 6.07) is 20.7. The highest BCUT2D eigenvalue weighted by Gasteiger charge is 2.29. The van der Waals surface area contributed by atoms with E-state index in [4.69, 9.17) is 9.47 Å². The lowest BCUT2D eigenvalue weighted by atomic mass is 10.2. The fourth-order valence-corrected chi connectivity index (χ4v) is 3.76. The Morgan fingerprint density at radius 2 is 1.14 bits per heavy atom. The van der Waals surface area contributed by atoms with Gasteiger partial charge in [0.05, 0.1) is 26.4 Å².